The van der Waals surface area contributed by atoms with E-state index >= 15 is 0 Å². The number of aromatic nitrogens is 1. The van der Waals surface area contributed by atoms with Gasteiger partial charge in [-0.1, -0.05) is 19.4 Å². The fraction of sp³-hybridized carbons (Fsp3) is 0.737. The average molecular weight is 351 g/mol. The number of aliphatic hydroxyl groups excluding tert-OH is 1. The van der Waals surface area contributed by atoms with Crippen LogP contribution in [0.3, 0.4) is 0 Å². The first-order valence-electron chi connectivity index (χ1n) is 9.35. The van der Waals surface area contributed by atoms with E-state index in [1.54, 1.807) is 6.07 Å². The minimum atomic E-state index is -0.226. The van der Waals surface area contributed by atoms with E-state index in [4.69, 9.17) is 0 Å². The molecule has 24 heavy (non-hydrogen) atoms. The smallest absolute Gasteiger partial charge is 0.250 e. The number of unbranched alkanes of at least 4 members (excludes halogenated alkanes) is 1. The first-order chi connectivity index (χ1) is 11.7. The van der Waals surface area contributed by atoms with Crippen molar-refractivity contribution >= 4 is 11.8 Å². The molecule has 4 nitrogen and oxygen atoms in total. The van der Waals surface area contributed by atoms with Crippen LogP contribution in [0.2, 0.25) is 0 Å². The van der Waals surface area contributed by atoms with Crippen molar-refractivity contribution < 1.29 is 5.11 Å². The zero-order valence-electron chi connectivity index (χ0n) is 14.7. The molecule has 0 saturated carbocycles. The summed E-state index contributed by atoms with van der Waals surface area (Å²) >= 11 is 1.96. The summed E-state index contributed by atoms with van der Waals surface area (Å²) in [6, 6.07) is 5.66. The van der Waals surface area contributed by atoms with Crippen molar-refractivity contribution in [2.24, 2.45) is 5.92 Å². The molecule has 2 aliphatic heterocycles. The highest BCUT2D eigenvalue weighted by Gasteiger charge is 2.34. The van der Waals surface area contributed by atoms with Gasteiger partial charge in [-0.2, -0.15) is 11.8 Å². The molecule has 3 heterocycles. The van der Waals surface area contributed by atoms with Crippen molar-refractivity contribution in [1.29, 1.82) is 0 Å². The number of rotatable bonds is 8. The average Bonchev–Trinajstić information content (AvgIpc) is 2.56. The number of aliphatic hydroxyl groups is 1. The highest BCUT2D eigenvalue weighted by Crippen LogP contribution is 2.34. The molecular formula is C19H30N2O2S. The van der Waals surface area contributed by atoms with Gasteiger partial charge in [0.1, 0.15) is 0 Å². The van der Waals surface area contributed by atoms with E-state index in [0.717, 1.165) is 38.4 Å². The number of piperidine rings is 1. The lowest BCUT2D eigenvalue weighted by atomic mass is 9.83. The van der Waals surface area contributed by atoms with E-state index in [-0.39, 0.29) is 11.7 Å². The Bertz CT molecular complexity index is 589. The molecule has 1 aromatic heterocycles. The Labute approximate surface area is 149 Å². The van der Waals surface area contributed by atoms with Gasteiger partial charge in [0.2, 0.25) is 0 Å². The molecule has 1 fully saturated rings. The van der Waals surface area contributed by atoms with E-state index in [2.05, 4.69) is 17.9 Å². The maximum absolute atomic E-state index is 12.1. The maximum atomic E-state index is 12.1. The van der Waals surface area contributed by atoms with Gasteiger partial charge in [-0.25, -0.2) is 0 Å². The molecule has 0 amide bonds. The molecule has 134 valence electrons. The van der Waals surface area contributed by atoms with E-state index in [1.165, 1.54) is 30.7 Å². The number of β-amino-alcohol motifs (C(OH)–C–C–N with tert-alkyl or cyclic N) is 1. The summed E-state index contributed by atoms with van der Waals surface area (Å²) in [5, 5.41) is 10.4. The summed E-state index contributed by atoms with van der Waals surface area (Å²) < 4.78 is 1.97. The molecule has 5 heteroatoms. The standard InChI is InChI=1S/C19H30N2O2S/c1-2-3-8-24-9-7-17(22)14-20-11-15-10-16(13-20)18-5-4-6-19(23)21(18)12-15/h4-6,15-17,22H,2-3,7-14H2,1H3. The lowest BCUT2D eigenvalue weighted by Crippen LogP contribution is -2.49. The van der Waals surface area contributed by atoms with Crippen LogP contribution in [0.5, 0.6) is 0 Å². The lowest BCUT2D eigenvalue weighted by Gasteiger charge is -2.43. The van der Waals surface area contributed by atoms with Crippen molar-refractivity contribution in [3.05, 3.63) is 34.2 Å². The molecule has 0 radical (unpaired) electrons. The largest absolute Gasteiger partial charge is 0.392 e. The van der Waals surface area contributed by atoms with E-state index in [9.17, 15) is 9.90 Å². The number of hydrogen-bond donors (Lipinski definition) is 1. The topological polar surface area (TPSA) is 45.5 Å². The summed E-state index contributed by atoms with van der Waals surface area (Å²) in [4.78, 5) is 14.5. The van der Waals surface area contributed by atoms with E-state index in [1.807, 2.05) is 22.4 Å². The lowest BCUT2D eigenvalue weighted by molar-refractivity contribution is 0.0613. The fourth-order valence-corrected chi connectivity index (χ4v) is 5.24. The van der Waals surface area contributed by atoms with Crippen LogP contribution in [0, 0.1) is 5.92 Å². The summed E-state index contributed by atoms with van der Waals surface area (Å²) in [7, 11) is 0. The van der Waals surface area contributed by atoms with Crippen LogP contribution < -0.4 is 5.56 Å². The molecule has 1 saturated heterocycles. The molecule has 0 spiro atoms. The van der Waals surface area contributed by atoms with Gasteiger partial charge in [-0.05, 0) is 42.8 Å². The van der Waals surface area contributed by atoms with Crippen molar-refractivity contribution in [1.82, 2.24) is 9.47 Å². The Balaban J connectivity index is 1.51. The van der Waals surface area contributed by atoms with Crippen LogP contribution in [-0.2, 0) is 6.54 Å². The van der Waals surface area contributed by atoms with Gasteiger partial charge in [-0.3, -0.25) is 9.69 Å². The third-order valence-electron chi connectivity index (χ3n) is 5.26. The van der Waals surface area contributed by atoms with Gasteiger partial charge in [0.25, 0.3) is 5.56 Å². The number of thioether (sulfide) groups is 1. The number of likely N-dealkylation sites (tertiary alicyclic amines) is 1. The van der Waals surface area contributed by atoms with E-state index in [0.29, 0.717) is 11.8 Å². The Hall–Kier alpha value is -0.780. The van der Waals surface area contributed by atoms with Crippen molar-refractivity contribution in [3.8, 4) is 0 Å². The first-order valence-corrected chi connectivity index (χ1v) is 10.5. The Morgan fingerprint density at radius 2 is 2.17 bits per heavy atom. The van der Waals surface area contributed by atoms with Gasteiger partial charge in [-0.15, -0.1) is 0 Å². The zero-order valence-corrected chi connectivity index (χ0v) is 15.5. The fourth-order valence-electron chi connectivity index (χ4n) is 4.10. The monoisotopic (exact) mass is 350 g/mol. The van der Waals surface area contributed by atoms with E-state index < -0.39 is 0 Å². The second-order valence-electron chi connectivity index (χ2n) is 7.33. The summed E-state index contributed by atoms with van der Waals surface area (Å²) in [6.07, 6.45) is 4.36. The number of nitrogens with zero attached hydrogens (tertiary/aromatic N) is 2. The minimum Gasteiger partial charge on any atom is -0.392 e. The molecule has 0 aromatic carbocycles. The predicted molar refractivity (Wildman–Crippen MR) is 101 cm³/mol. The van der Waals surface area contributed by atoms with Crippen LogP contribution in [0.15, 0.2) is 23.0 Å². The third-order valence-corrected chi connectivity index (χ3v) is 6.36. The van der Waals surface area contributed by atoms with Gasteiger partial charge < -0.3 is 9.67 Å². The molecule has 1 aromatic rings. The van der Waals surface area contributed by atoms with Gasteiger partial charge >= 0.3 is 0 Å². The number of fused-ring (bicyclic) bond motifs is 4. The molecular weight excluding hydrogens is 320 g/mol. The molecule has 2 bridgehead atoms. The third kappa shape index (κ3) is 4.44. The molecule has 3 rings (SSSR count). The zero-order chi connectivity index (χ0) is 16.9. The first kappa shape index (κ1) is 18.0. The molecule has 1 N–H and O–H groups in total. The summed E-state index contributed by atoms with van der Waals surface area (Å²) in [5.74, 6) is 3.25. The molecule has 3 unspecified atom stereocenters. The predicted octanol–water partition coefficient (Wildman–Crippen LogP) is 2.55. The van der Waals surface area contributed by atoms with Crippen LogP contribution in [-0.4, -0.2) is 51.8 Å². The van der Waals surface area contributed by atoms with Crippen LogP contribution in [0.4, 0.5) is 0 Å². The minimum absolute atomic E-state index is 0.139. The molecule has 0 aliphatic carbocycles. The second kappa shape index (κ2) is 8.54. The highest BCUT2D eigenvalue weighted by atomic mass is 32.2. The summed E-state index contributed by atoms with van der Waals surface area (Å²) in [6.45, 7) is 5.82. The van der Waals surface area contributed by atoms with Gasteiger partial charge in [0.05, 0.1) is 6.10 Å². The Morgan fingerprint density at radius 1 is 1.29 bits per heavy atom. The number of hydrogen-bond acceptors (Lipinski definition) is 4. The second-order valence-corrected chi connectivity index (χ2v) is 8.55. The maximum Gasteiger partial charge on any atom is 0.250 e. The Kier molecular flexibility index (Phi) is 6.42. The van der Waals surface area contributed by atoms with Crippen LogP contribution >= 0.6 is 11.8 Å². The molecule has 3 atom stereocenters. The Morgan fingerprint density at radius 3 is 3.00 bits per heavy atom. The van der Waals surface area contributed by atoms with Crippen LogP contribution in [0.25, 0.3) is 0 Å². The normalized spacial score (nSPS) is 24.6. The van der Waals surface area contributed by atoms with Crippen molar-refractivity contribution in [3.63, 3.8) is 0 Å². The SMILES string of the molecule is CCCCSCCC(O)CN1CC2CC(C1)c1cccc(=O)n1C2. The van der Waals surface area contributed by atoms with Crippen molar-refractivity contribution in [2.45, 2.75) is 51.2 Å². The van der Waals surface area contributed by atoms with Gasteiger partial charge in [0, 0.05) is 43.9 Å². The summed E-state index contributed by atoms with van der Waals surface area (Å²) in [5.41, 5.74) is 1.33. The van der Waals surface area contributed by atoms with Gasteiger partial charge in [0.15, 0.2) is 0 Å². The highest BCUT2D eigenvalue weighted by molar-refractivity contribution is 7.99. The number of pyridine rings is 1. The van der Waals surface area contributed by atoms with Crippen molar-refractivity contribution in [2.75, 3.05) is 31.1 Å². The quantitative estimate of drug-likeness (QED) is 0.732. The van der Waals surface area contributed by atoms with Crippen LogP contribution in [0.1, 0.15) is 44.2 Å². The molecule has 2 aliphatic rings.